The number of rotatable bonds is 7. The molecule has 4 heteroatoms. The largest absolute Gasteiger partial charge is 0.545 e. The van der Waals surface area contributed by atoms with Crippen molar-refractivity contribution in [1.82, 2.24) is 0 Å². The maximum Gasteiger partial charge on any atom is 0.128 e. The number of carboxylic acids is 1. The van der Waals surface area contributed by atoms with Crippen molar-refractivity contribution in [3.63, 3.8) is 0 Å². The van der Waals surface area contributed by atoms with Gasteiger partial charge in [-0.3, -0.25) is 0 Å². The van der Waals surface area contributed by atoms with Crippen LogP contribution in [-0.2, 0) is 11.4 Å². The molecule has 0 atom stereocenters. The molecule has 0 saturated heterocycles. The topological polar surface area (TPSA) is 49.4 Å². The van der Waals surface area contributed by atoms with Gasteiger partial charge >= 0.3 is 0 Å². The zero-order valence-corrected chi connectivity index (χ0v) is 17.0. The van der Waals surface area contributed by atoms with E-state index < -0.39 is 5.97 Å². The van der Waals surface area contributed by atoms with E-state index in [0.29, 0.717) is 6.61 Å². The van der Waals surface area contributed by atoms with Crippen LogP contribution in [0, 0.1) is 0 Å². The summed E-state index contributed by atoms with van der Waals surface area (Å²) in [7, 11) is 0. The fourth-order valence-corrected chi connectivity index (χ4v) is 4.27. The first-order valence-corrected chi connectivity index (χ1v) is 10.4. The van der Waals surface area contributed by atoms with Crippen molar-refractivity contribution in [2.75, 3.05) is 0 Å². The second kappa shape index (κ2) is 9.25. The van der Waals surface area contributed by atoms with E-state index in [1.165, 1.54) is 0 Å². The van der Waals surface area contributed by atoms with E-state index in [2.05, 4.69) is 18.2 Å². The molecule has 0 amide bonds. The summed E-state index contributed by atoms with van der Waals surface area (Å²) in [5.41, 5.74) is 3.97. The van der Waals surface area contributed by atoms with Crippen LogP contribution in [0.25, 0.3) is 27.0 Å². The minimum absolute atomic E-state index is 0.507. The fourth-order valence-electron chi connectivity index (χ4n) is 3.18. The third-order valence-corrected chi connectivity index (χ3v) is 5.77. The number of carbonyl (C=O) groups is 1. The minimum Gasteiger partial charge on any atom is -0.545 e. The van der Waals surface area contributed by atoms with Crippen LogP contribution in [0.5, 0.6) is 5.75 Å². The quantitative estimate of drug-likeness (QED) is 0.381. The van der Waals surface area contributed by atoms with Gasteiger partial charge in [-0.05, 0) is 47.0 Å². The van der Waals surface area contributed by atoms with Gasteiger partial charge in [0.2, 0.25) is 0 Å². The molecule has 148 valence electrons. The van der Waals surface area contributed by atoms with Gasteiger partial charge in [0, 0.05) is 15.3 Å². The Labute approximate surface area is 179 Å². The van der Waals surface area contributed by atoms with E-state index in [1.54, 1.807) is 17.4 Å². The first-order chi connectivity index (χ1) is 14.7. The fraction of sp³-hybridized carbons (Fsp3) is 0.0385. The van der Waals surface area contributed by atoms with Crippen molar-refractivity contribution in [1.29, 1.82) is 0 Å². The molecule has 0 aliphatic carbocycles. The average molecular weight is 412 g/mol. The minimum atomic E-state index is -1.21. The number of benzene rings is 3. The van der Waals surface area contributed by atoms with Crippen molar-refractivity contribution in [2.45, 2.75) is 6.61 Å². The van der Waals surface area contributed by atoms with Crippen LogP contribution in [0.2, 0.25) is 0 Å². The Morgan fingerprint density at radius 3 is 2.20 bits per heavy atom. The molecule has 0 radical (unpaired) electrons. The SMILES string of the molecule is O=C([O-])/C=C/c1ccccc1-c1ccc(-c2ccccc2OCc2ccccc2)s1. The van der Waals surface area contributed by atoms with Crippen LogP contribution in [0.15, 0.2) is 97.1 Å². The number of para-hydroxylation sites is 1. The average Bonchev–Trinajstić information content (AvgIpc) is 3.27. The highest BCUT2D eigenvalue weighted by Gasteiger charge is 2.11. The zero-order valence-electron chi connectivity index (χ0n) is 16.2. The number of ether oxygens (including phenoxy) is 1. The lowest BCUT2D eigenvalue weighted by Gasteiger charge is -2.10. The highest BCUT2D eigenvalue weighted by atomic mass is 32.1. The van der Waals surface area contributed by atoms with Gasteiger partial charge in [0.1, 0.15) is 12.4 Å². The molecular weight excluding hydrogens is 392 g/mol. The normalized spacial score (nSPS) is 10.9. The highest BCUT2D eigenvalue weighted by molar-refractivity contribution is 7.18. The van der Waals surface area contributed by atoms with Gasteiger partial charge in [-0.1, -0.05) is 72.8 Å². The third kappa shape index (κ3) is 4.67. The predicted molar refractivity (Wildman–Crippen MR) is 120 cm³/mol. The molecule has 0 aliphatic rings. The molecule has 0 N–H and O–H groups in total. The van der Waals surface area contributed by atoms with E-state index in [-0.39, 0.29) is 0 Å². The molecule has 3 nitrogen and oxygen atoms in total. The van der Waals surface area contributed by atoms with Crippen LogP contribution in [0.4, 0.5) is 0 Å². The van der Waals surface area contributed by atoms with Crippen LogP contribution in [-0.4, -0.2) is 5.97 Å². The summed E-state index contributed by atoms with van der Waals surface area (Å²) in [5.74, 6) is -0.374. The first-order valence-electron chi connectivity index (χ1n) is 9.55. The molecule has 0 unspecified atom stereocenters. The lowest BCUT2D eigenvalue weighted by molar-refractivity contribution is -0.297. The van der Waals surface area contributed by atoms with Crippen LogP contribution in [0.3, 0.4) is 0 Å². The number of aliphatic carboxylic acids is 1. The highest BCUT2D eigenvalue weighted by Crippen LogP contribution is 2.40. The molecule has 0 bridgehead atoms. The van der Waals surface area contributed by atoms with Gasteiger partial charge in [0.25, 0.3) is 0 Å². The lowest BCUT2D eigenvalue weighted by atomic mass is 10.1. The summed E-state index contributed by atoms with van der Waals surface area (Å²) in [4.78, 5) is 12.9. The molecule has 0 fully saturated rings. The molecule has 0 aliphatic heterocycles. The summed E-state index contributed by atoms with van der Waals surface area (Å²) in [6.07, 6.45) is 2.63. The second-order valence-corrected chi connectivity index (χ2v) is 7.76. The standard InChI is InChI=1S/C26H20O3S/c27-26(28)17-14-20-10-4-5-11-21(20)24-15-16-25(30-24)22-12-6-7-13-23(22)29-18-19-8-2-1-3-9-19/h1-17H,18H2,(H,27,28)/p-1/b17-14+. The van der Waals surface area contributed by atoms with E-state index in [1.807, 2.05) is 72.8 Å². The number of hydrogen-bond acceptors (Lipinski definition) is 4. The van der Waals surface area contributed by atoms with Gasteiger partial charge in [0.15, 0.2) is 0 Å². The number of hydrogen-bond donors (Lipinski definition) is 0. The smallest absolute Gasteiger partial charge is 0.128 e. The third-order valence-electron chi connectivity index (χ3n) is 4.62. The maximum atomic E-state index is 10.8. The Morgan fingerprint density at radius 2 is 1.43 bits per heavy atom. The Balaban J connectivity index is 1.62. The van der Waals surface area contributed by atoms with E-state index in [0.717, 1.165) is 43.8 Å². The zero-order chi connectivity index (χ0) is 20.8. The Hall–Kier alpha value is -3.63. The van der Waals surface area contributed by atoms with E-state index in [4.69, 9.17) is 4.74 Å². The molecule has 1 aromatic heterocycles. The monoisotopic (exact) mass is 411 g/mol. The summed E-state index contributed by atoms with van der Waals surface area (Å²) in [5, 5.41) is 10.8. The van der Waals surface area contributed by atoms with Crippen molar-refractivity contribution < 1.29 is 14.6 Å². The lowest BCUT2D eigenvalue weighted by Crippen LogP contribution is -2.18. The molecule has 3 aromatic carbocycles. The summed E-state index contributed by atoms with van der Waals surface area (Å²) >= 11 is 1.65. The Bertz CT molecular complexity index is 1180. The van der Waals surface area contributed by atoms with Gasteiger partial charge in [-0.15, -0.1) is 11.3 Å². The summed E-state index contributed by atoms with van der Waals surface area (Å²) in [6, 6.07) is 29.9. The number of carboxylic acid groups (broad SMARTS) is 1. The molecule has 4 rings (SSSR count). The first kappa shape index (κ1) is 19.7. The molecule has 0 spiro atoms. The molecule has 1 heterocycles. The second-order valence-electron chi connectivity index (χ2n) is 6.67. The van der Waals surface area contributed by atoms with Crippen molar-refractivity contribution in [3.05, 3.63) is 108 Å². The molecular formula is C26H19O3S-. The van der Waals surface area contributed by atoms with Crippen molar-refractivity contribution in [2.24, 2.45) is 0 Å². The summed E-state index contributed by atoms with van der Waals surface area (Å²) in [6.45, 7) is 0.507. The van der Waals surface area contributed by atoms with Gasteiger partial charge in [0.05, 0.1) is 5.97 Å². The molecule has 30 heavy (non-hydrogen) atoms. The van der Waals surface area contributed by atoms with Gasteiger partial charge < -0.3 is 14.6 Å². The molecule has 4 aromatic rings. The summed E-state index contributed by atoms with van der Waals surface area (Å²) < 4.78 is 6.10. The van der Waals surface area contributed by atoms with E-state index in [9.17, 15) is 9.90 Å². The van der Waals surface area contributed by atoms with Crippen molar-refractivity contribution >= 4 is 23.4 Å². The number of carbonyl (C=O) groups excluding carboxylic acids is 1. The Morgan fingerprint density at radius 1 is 0.800 bits per heavy atom. The van der Waals surface area contributed by atoms with Crippen LogP contribution >= 0.6 is 11.3 Å². The number of thiophene rings is 1. The van der Waals surface area contributed by atoms with Gasteiger partial charge in [-0.25, -0.2) is 0 Å². The maximum absolute atomic E-state index is 10.8. The Kier molecular flexibility index (Phi) is 6.06. The van der Waals surface area contributed by atoms with E-state index >= 15 is 0 Å². The van der Waals surface area contributed by atoms with Crippen LogP contribution < -0.4 is 9.84 Å². The van der Waals surface area contributed by atoms with Gasteiger partial charge in [-0.2, -0.15) is 0 Å². The molecule has 0 saturated carbocycles. The van der Waals surface area contributed by atoms with Crippen molar-refractivity contribution in [3.8, 4) is 26.6 Å². The predicted octanol–water partition coefficient (Wildman–Crippen LogP) is 5.42. The van der Waals surface area contributed by atoms with Crippen LogP contribution in [0.1, 0.15) is 11.1 Å².